The summed E-state index contributed by atoms with van der Waals surface area (Å²) in [6, 6.07) is 4.71. The van der Waals surface area contributed by atoms with Gasteiger partial charge in [0.05, 0.1) is 18.9 Å². The molecule has 31 heavy (non-hydrogen) atoms. The molecule has 170 valence electrons. The van der Waals surface area contributed by atoms with Gasteiger partial charge in [-0.15, -0.1) is 0 Å². The third kappa shape index (κ3) is 6.73. The van der Waals surface area contributed by atoms with Crippen molar-refractivity contribution in [3.8, 4) is 17.1 Å². The van der Waals surface area contributed by atoms with E-state index in [1.165, 1.54) is 6.39 Å². The fraction of sp³-hybridized carbons (Fsp3) is 0.522. The molecule has 0 saturated heterocycles. The smallest absolute Gasteiger partial charge is 0.408 e. The van der Waals surface area contributed by atoms with Gasteiger partial charge in [0.15, 0.2) is 12.2 Å². The second-order valence-electron chi connectivity index (χ2n) is 8.66. The van der Waals surface area contributed by atoms with Gasteiger partial charge >= 0.3 is 6.09 Å². The number of aromatic nitrogens is 1. The van der Waals surface area contributed by atoms with Crippen LogP contribution in [0, 0.1) is 5.92 Å². The first-order valence-corrected chi connectivity index (χ1v) is 10.4. The number of methoxy groups -OCH3 is 1. The number of likely N-dealkylation sites (N-methyl/N-ethyl adjacent to an activating group) is 1. The van der Waals surface area contributed by atoms with Gasteiger partial charge in [-0.25, -0.2) is 9.78 Å². The number of anilines is 1. The zero-order chi connectivity index (χ0) is 23.2. The van der Waals surface area contributed by atoms with Crippen LogP contribution in [0.5, 0.6) is 5.75 Å². The van der Waals surface area contributed by atoms with Crippen LogP contribution in [0.15, 0.2) is 35.2 Å². The van der Waals surface area contributed by atoms with Crippen LogP contribution in [0.4, 0.5) is 10.5 Å². The summed E-state index contributed by atoms with van der Waals surface area (Å²) in [6.45, 7) is 11.7. The maximum atomic E-state index is 13.4. The second kappa shape index (κ2) is 10.3. The molecule has 0 radical (unpaired) electrons. The molecule has 2 rings (SSSR count). The van der Waals surface area contributed by atoms with Crippen LogP contribution < -0.4 is 15.0 Å². The van der Waals surface area contributed by atoms with Crippen LogP contribution in [-0.4, -0.2) is 42.3 Å². The number of carbonyl (C=O) groups is 2. The van der Waals surface area contributed by atoms with E-state index in [9.17, 15) is 9.59 Å². The molecular formula is C23H33N3O5. The number of benzene rings is 1. The van der Waals surface area contributed by atoms with Gasteiger partial charge < -0.3 is 24.1 Å². The average Bonchev–Trinajstić information content (AvgIpc) is 3.20. The first-order chi connectivity index (χ1) is 14.6. The first kappa shape index (κ1) is 24.2. The summed E-state index contributed by atoms with van der Waals surface area (Å²) in [5, 5.41) is 2.74. The zero-order valence-corrected chi connectivity index (χ0v) is 19.4. The molecule has 0 aliphatic rings. The molecule has 0 unspecified atom stereocenters. The largest absolute Gasteiger partial charge is 0.496 e. The molecule has 1 aromatic heterocycles. The SMILES string of the molecule is CCN(C(=O)[C@@H](CC(C)C)NC(=O)OC(C)(C)C)c1ccc(-c2cnco2)c(OC)c1. The van der Waals surface area contributed by atoms with Crippen LogP contribution in [-0.2, 0) is 9.53 Å². The molecule has 0 saturated carbocycles. The third-order valence-electron chi connectivity index (χ3n) is 4.47. The molecule has 0 fully saturated rings. The maximum absolute atomic E-state index is 13.4. The minimum Gasteiger partial charge on any atom is -0.496 e. The van der Waals surface area contributed by atoms with Crippen molar-refractivity contribution in [3.05, 3.63) is 30.8 Å². The molecule has 0 spiro atoms. The Hall–Kier alpha value is -3.03. The van der Waals surface area contributed by atoms with E-state index in [1.54, 1.807) is 45.0 Å². The lowest BCUT2D eigenvalue weighted by atomic mass is 10.0. The second-order valence-corrected chi connectivity index (χ2v) is 8.66. The fourth-order valence-corrected chi connectivity index (χ4v) is 3.20. The number of nitrogens with one attached hydrogen (secondary N) is 1. The van der Waals surface area contributed by atoms with Gasteiger partial charge in [-0.05, 0) is 52.2 Å². The van der Waals surface area contributed by atoms with E-state index < -0.39 is 17.7 Å². The van der Waals surface area contributed by atoms with Crippen molar-refractivity contribution in [1.82, 2.24) is 10.3 Å². The van der Waals surface area contributed by atoms with E-state index in [0.29, 0.717) is 30.2 Å². The van der Waals surface area contributed by atoms with Gasteiger partial charge in [0.2, 0.25) is 5.91 Å². The molecular weight excluding hydrogens is 398 g/mol. The molecule has 8 nitrogen and oxygen atoms in total. The van der Waals surface area contributed by atoms with Crippen molar-refractivity contribution in [2.45, 2.75) is 59.6 Å². The Labute approximate surface area is 183 Å². The Kier molecular flexibility index (Phi) is 8.08. The molecule has 2 amide bonds. The topological polar surface area (TPSA) is 93.9 Å². The van der Waals surface area contributed by atoms with E-state index in [1.807, 2.05) is 32.9 Å². The quantitative estimate of drug-likeness (QED) is 0.654. The normalized spacial score (nSPS) is 12.4. The van der Waals surface area contributed by atoms with Crippen molar-refractivity contribution >= 4 is 17.7 Å². The average molecular weight is 432 g/mol. The summed E-state index contributed by atoms with van der Waals surface area (Å²) in [6.07, 6.45) is 2.83. The molecule has 0 aliphatic carbocycles. The lowest BCUT2D eigenvalue weighted by molar-refractivity contribution is -0.121. The highest BCUT2D eigenvalue weighted by molar-refractivity contribution is 5.99. The van der Waals surface area contributed by atoms with Gasteiger partial charge in [-0.2, -0.15) is 0 Å². The molecule has 0 bridgehead atoms. The van der Waals surface area contributed by atoms with Crippen LogP contribution in [0.3, 0.4) is 0 Å². The van der Waals surface area contributed by atoms with E-state index >= 15 is 0 Å². The van der Waals surface area contributed by atoms with Gasteiger partial charge in [-0.3, -0.25) is 4.79 Å². The Morgan fingerprint density at radius 2 is 1.97 bits per heavy atom. The van der Waals surface area contributed by atoms with Crippen LogP contribution >= 0.6 is 0 Å². The number of oxazole rings is 1. The predicted molar refractivity (Wildman–Crippen MR) is 119 cm³/mol. The molecule has 2 aromatic rings. The number of hydrogen-bond acceptors (Lipinski definition) is 6. The summed E-state index contributed by atoms with van der Waals surface area (Å²) in [5.41, 5.74) is 0.745. The van der Waals surface area contributed by atoms with Crippen molar-refractivity contribution in [2.24, 2.45) is 5.92 Å². The minimum atomic E-state index is -0.713. The van der Waals surface area contributed by atoms with Gasteiger partial charge in [0, 0.05) is 18.3 Å². The number of ether oxygens (including phenoxy) is 2. The van der Waals surface area contributed by atoms with E-state index in [0.717, 1.165) is 5.56 Å². The summed E-state index contributed by atoms with van der Waals surface area (Å²) >= 11 is 0. The standard InChI is InChI=1S/C23H33N3O5/c1-8-26(16-9-10-17(19(12-16)29-7)20-13-24-14-30-20)21(27)18(11-15(2)3)25-22(28)31-23(4,5)6/h9-10,12-15,18H,8,11H2,1-7H3,(H,25,28)/t18-/m1/s1. The Balaban J connectivity index is 2.30. The van der Waals surface area contributed by atoms with Gasteiger partial charge in [0.1, 0.15) is 17.4 Å². The lowest BCUT2D eigenvalue weighted by Crippen LogP contribution is -2.50. The van der Waals surface area contributed by atoms with Gasteiger partial charge in [0.25, 0.3) is 0 Å². The number of amides is 2. The monoisotopic (exact) mass is 431 g/mol. The fourth-order valence-electron chi connectivity index (χ4n) is 3.20. The highest BCUT2D eigenvalue weighted by Crippen LogP contribution is 2.33. The summed E-state index contributed by atoms with van der Waals surface area (Å²) in [7, 11) is 1.56. The Morgan fingerprint density at radius 3 is 2.48 bits per heavy atom. The number of hydrogen-bond donors (Lipinski definition) is 1. The third-order valence-corrected chi connectivity index (χ3v) is 4.47. The van der Waals surface area contributed by atoms with E-state index in [2.05, 4.69) is 10.3 Å². The molecule has 1 atom stereocenters. The molecule has 0 aliphatic heterocycles. The van der Waals surface area contributed by atoms with Crippen molar-refractivity contribution in [2.75, 3.05) is 18.6 Å². The van der Waals surface area contributed by atoms with E-state index in [-0.39, 0.29) is 11.8 Å². The molecule has 1 aromatic carbocycles. The van der Waals surface area contributed by atoms with Crippen molar-refractivity contribution < 1.29 is 23.5 Å². The number of nitrogens with zero attached hydrogens (tertiary/aromatic N) is 2. The first-order valence-electron chi connectivity index (χ1n) is 10.4. The zero-order valence-electron chi connectivity index (χ0n) is 19.4. The summed E-state index contributed by atoms with van der Waals surface area (Å²) < 4.78 is 16.2. The Bertz CT molecular complexity index is 872. The van der Waals surface area contributed by atoms with Crippen LogP contribution in [0.1, 0.15) is 48.0 Å². The lowest BCUT2D eigenvalue weighted by Gasteiger charge is -2.29. The van der Waals surface area contributed by atoms with Gasteiger partial charge in [-0.1, -0.05) is 13.8 Å². The van der Waals surface area contributed by atoms with E-state index in [4.69, 9.17) is 13.9 Å². The molecule has 8 heteroatoms. The van der Waals surface area contributed by atoms with Crippen molar-refractivity contribution in [1.29, 1.82) is 0 Å². The molecule has 1 heterocycles. The highest BCUT2D eigenvalue weighted by atomic mass is 16.6. The predicted octanol–water partition coefficient (Wildman–Crippen LogP) is 4.64. The summed E-state index contributed by atoms with van der Waals surface area (Å²) in [4.78, 5) is 31.3. The number of carbonyl (C=O) groups excluding carboxylic acids is 2. The summed E-state index contributed by atoms with van der Waals surface area (Å²) in [5.74, 6) is 1.12. The minimum absolute atomic E-state index is 0.200. The van der Waals surface area contributed by atoms with Crippen LogP contribution in [0.2, 0.25) is 0 Å². The van der Waals surface area contributed by atoms with Crippen molar-refractivity contribution in [3.63, 3.8) is 0 Å². The highest BCUT2D eigenvalue weighted by Gasteiger charge is 2.29. The number of alkyl carbamates (subject to hydrolysis) is 1. The molecule has 1 N–H and O–H groups in total. The van der Waals surface area contributed by atoms with Crippen LogP contribution in [0.25, 0.3) is 11.3 Å². The number of rotatable bonds is 8. The maximum Gasteiger partial charge on any atom is 0.408 e. The Morgan fingerprint density at radius 1 is 1.26 bits per heavy atom.